The number of aryl methyl sites for hydroxylation is 1. The molecule has 1 heterocycles. The third kappa shape index (κ3) is 3.88. The van der Waals surface area contributed by atoms with Gasteiger partial charge < -0.3 is 10.1 Å². The lowest BCUT2D eigenvalue weighted by molar-refractivity contribution is -0.384. The largest absolute Gasteiger partial charge is 0.380 e. The zero-order valence-electron chi connectivity index (χ0n) is 13.1. The lowest BCUT2D eigenvalue weighted by Crippen LogP contribution is -2.48. The van der Waals surface area contributed by atoms with Gasteiger partial charge in [-0.2, -0.15) is 0 Å². The number of nitro groups is 1. The van der Waals surface area contributed by atoms with Crippen molar-refractivity contribution in [1.29, 1.82) is 0 Å². The minimum absolute atomic E-state index is 0.0157. The molecule has 0 amide bonds. The minimum Gasteiger partial charge on any atom is -0.380 e. The first-order valence-corrected chi connectivity index (χ1v) is 7.81. The fourth-order valence-corrected chi connectivity index (χ4v) is 2.98. The number of anilines is 1. The topological polar surface area (TPSA) is 67.6 Å². The standard InChI is InChI=1S/C15H22ClN3O3/c1-10-8-13(19(20)21)9-14(16)15(10)17-11(2)12(3)18-4-6-22-7-5-18/h8-9,11-12,17H,4-7H2,1-3H3. The molecule has 1 N–H and O–H groups in total. The van der Waals surface area contributed by atoms with Crippen LogP contribution in [-0.4, -0.2) is 48.2 Å². The Labute approximate surface area is 135 Å². The summed E-state index contributed by atoms with van der Waals surface area (Å²) < 4.78 is 5.37. The van der Waals surface area contributed by atoms with Crippen LogP contribution < -0.4 is 5.32 Å². The van der Waals surface area contributed by atoms with E-state index in [2.05, 4.69) is 24.1 Å². The SMILES string of the molecule is Cc1cc([N+](=O)[O-])cc(Cl)c1NC(C)C(C)N1CCOCC1. The van der Waals surface area contributed by atoms with Crippen LogP contribution in [0, 0.1) is 17.0 Å². The first-order valence-electron chi connectivity index (χ1n) is 7.43. The molecule has 1 aromatic carbocycles. The molecule has 1 aromatic rings. The maximum absolute atomic E-state index is 10.9. The summed E-state index contributed by atoms with van der Waals surface area (Å²) in [5.74, 6) is 0. The van der Waals surface area contributed by atoms with Crippen LogP contribution in [0.2, 0.25) is 5.02 Å². The van der Waals surface area contributed by atoms with Crippen molar-refractivity contribution in [2.24, 2.45) is 0 Å². The van der Waals surface area contributed by atoms with Gasteiger partial charge in [0.25, 0.3) is 5.69 Å². The van der Waals surface area contributed by atoms with Crippen molar-refractivity contribution in [2.75, 3.05) is 31.6 Å². The molecule has 6 nitrogen and oxygen atoms in total. The van der Waals surface area contributed by atoms with E-state index in [0.29, 0.717) is 11.1 Å². The van der Waals surface area contributed by atoms with Gasteiger partial charge in [-0.05, 0) is 26.3 Å². The quantitative estimate of drug-likeness (QED) is 0.665. The number of hydrogen-bond donors (Lipinski definition) is 1. The summed E-state index contributed by atoms with van der Waals surface area (Å²) in [6.45, 7) is 9.44. The van der Waals surface area contributed by atoms with Crippen molar-refractivity contribution in [3.05, 3.63) is 32.8 Å². The third-order valence-corrected chi connectivity index (χ3v) is 4.50. The van der Waals surface area contributed by atoms with Crippen molar-refractivity contribution in [1.82, 2.24) is 4.90 Å². The predicted molar refractivity (Wildman–Crippen MR) is 87.8 cm³/mol. The maximum atomic E-state index is 10.9. The third-order valence-electron chi connectivity index (χ3n) is 4.20. The van der Waals surface area contributed by atoms with Gasteiger partial charge in [-0.15, -0.1) is 0 Å². The average molecular weight is 328 g/mol. The van der Waals surface area contributed by atoms with Crippen LogP contribution >= 0.6 is 11.6 Å². The molecule has 2 atom stereocenters. The highest BCUT2D eigenvalue weighted by atomic mass is 35.5. The van der Waals surface area contributed by atoms with Gasteiger partial charge in [0, 0.05) is 37.3 Å². The van der Waals surface area contributed by atoms with E-state index in [-0.39, 0.29) is 11.7 Å². The van der Waals surface area contributed by atoms with Crippen LogP contribution in [0.5, 0.6) is 0 Å². The Kier molecular flexibility index (Phi) is 5.61. The molecular weight excluding hydrogens is 306 g/mol. The Balaban J connectivity index is 2.10. The first-order chi connectivity index (χ1) is 10.4. The molecule has 0 bridgehead atoms. The second-order valence-electron chi connectivity index (χ2n) is 5.70. The van der Waals surface area contributed by atoms with Crippen molar-refractivity contribution in [2.45, 2.75) is 32.9 Å². The van der Waals surface area contributed by atoms with Crippen LogP contribution in [0.4, 0.5) is 11.4 Å². The molecule has 2 rings (SSSR count). The fraction of sp³-hybridized carbons (Fsp3) is 0.600. The number of rotatable bonds is 5. The summed E-state index contributed by atoms with van der Waals surface area (Å²) in [6, 6.07) is 3.41. The van der Waals surface area contributed by atoms with Crippen LogP contribution in [-0.2, 0) is 4.74 Å². The molecule has 2 unspecified atom stereocenters. The van der Waals surface area contributed by atoms with E-state index < -0.39 is 4.92 Å². The number of ether oxygens (including phenoxy) is 1. The molecule has 0 saturated carbocycles. The van der Waals surface area contributed by atoms with Crippen LogP contribution in [0.15, 0.2) is 12.1 Å². The number of nitrogens with zero attached hydrogens (tertiary/aromatic N) is 2. The molecule has 1 aliphatic rings. The monoisotopic (exact) mass is 327 g/mol. The van der Waals surface area contributed by atoms with E-state index >= 15 is 0 Å². The van der Waals surface area contributed by atoms with E-state index in [9.17, 15) is 10.1 Å². The van der Waals surface area contributed by atoms with Gasteiger partial charge in [0.05, 0.1) is 28.8 Å². The summed E-state index contributed by atoms with van der Waals surface area (Å²) in [5, 5.41) is 14.6. The Morgan fingerprint density at radius 1 is 1.36 bits per heavy atom. The van der Waals surface area contributed by atoms with E-state index in [4.69, 9.17) is 16.3 Å². The highest BCUT2D eigenvalue weighted by Crippen LogP contribution is 2.31. The van der Waals surface area contributed by atoms with Crippen LogP contribution in [0.1, 0.15) is 19.4 Å². The van der Waals surface area contributed by atoms with E-state index in [1.54, 1.807) is 6.07 Å². The number of nitrogens with one attached hydrogen (secondary N) is 1. The first kappa shape index (κ1) is 17.0. The minimum atomic E-state index is -0.428. The number of morpholine rings is 1. The molecular formula is C15H22ClN3O3. The Morgan fingerprint density at radius 2 is 2.00 bits per heavy atom. The normalized spacial score (nSPS) is 18.7. The predicted octanol–water partition coefficient (Wildman–Crippen LogP) is 3.08. The smallest absolute Gasteiger partial charge is 0.271 e. The number of hydrogen-bond acceptors (Lipinski definition) is 5. The van der Waals surface area contributed by atoms with Crippen molar-refractivity contribution in [3.63, 3.8) is 0 Å². The maximum Gasteiger partial charge on any atom is 0.271 e. The molecule has 1 fully saturated rings. The molecule has 0 aliphatic carbocycles. The zero-order chi connectivity index (χ0) is 16.3. The van der Waals surface area contributed by atoms with Crippen molar-refractivity contribution < 1.29 is 9.66 Å². The fourth-order valence-electron chi connectivity index (χ4n) is 2.66. The molecule has 0 aromatic heterocycles. The van der Waals surface area contributed by atoms with E-state index in [0.717, 1.165) is 37.6 Å². The number of nitro benzene ring substituents is 1. The zero-order valence-corrected chi connectivity index (χ0v) is 13.9. The average Bonchev–Trinajstić information content (AvgIpc) is 2.50. The van der Waals surface area contributed by atoms with E-state index in [1.807, 2.05) is 6.92 Å². The molecule has 0 spiro atoms. The highest BCUT2D eigenvalue weighted by molar-refractivity contribution is 6.33. The summed E-state index contributed by atoms with van der Waals surface area (Å²) in [5.41, 5.74) is 1.56. The molecule has 22 heavy (non-hydrogen) atoms. The van der Waals surface area contributed by atoms with Gasteiger partial charge in [0.1, 0.15) is 0 Å². The van der Waals surface area contributed by atoms with Crippen molar-refractivity contribution >= 4 is 23.0 Å². The van der Waals surface area contributed by atoms with E-state index in [1.165, 1.54) is 6.07 Å². The van der Waals surface area contributed by atoms with Gasteiger partial charge in [0.2, 0.25) is 0 Å². The summed E-state index contributed by atoms with van der Waals surface area (Å²) in [6.07, 6.45) is 0. The number of non-ortho nitro benzene ring substituents is 1. The lowest BCUT2D eigenvalue weighted by Gasteiger charge is -2.36. The Bertz CT molecular complexity index is 524. The lowest BCUT2D eigenvalue weighted by atomic mass is 10.1. The Hall–Kier alpha value is -1.37. The van der Waals surface area contributed by atoms with Crippen LogP contribution in [0.3, 0.4) is 0 Å². The van der Waals surface area contributed by atoms with Crippen LogP contribution in [0.25, 0.3) is 0 Å². The van der Waals surface area contributed by atoms with Gasteiger partial charge in [-0.25, -0.2) is 0 Å². The summed E-state index contributed by atoms with van der Waals surface area (Å²) in [7, 11) is 0. The molecule has 7 heteroatoms. The summed E-state index contributed by atoms with van der Waals surface area (Å²) >= 11 is 6.21. The highest BCUT2D eigenvalue weighted by Gasteiger charge is 2.23. The molecule has 0 radical (unpaired) electrons. The van der Waals surface area contributed by atoms with Gasteiger partial charge >= 0.3 is 0 Å². The second kappa shape index (κ2) is 7.26. The molecule has 1 aliphatic heterocycles. The number of halogens is 1. The molecule has 1 saturated heterocycles. The summed E-state index contributed by atoms with van der Waals surface area (Å²) in [4.78, 5) is 12.8. The second-order valence-corrected chi connectivity index (χ2v) is 6.11. The number of benzene rings is 1. The van der Waals surface area contributed by atoms with Crippen molar-refractivity contribution in [3.8, 4) is 0 Å². The van der Waals surface area contributed by atoms with Gasteiger partial charge in [-0.1, -0.05) is 11.6 Å². The van der Waals surface area contributed by atoms with Gasteiger partial charge in [0.15, 0.2) is 0 Å². The Morgan fingerprint density at radius 3 is 2.55 bits per heavy atom. The molecule has 122 valence electrons. The van der Waals surface area contributed by atoms with Gasteiger partial charge in [-0.3, -0.25) is 15.0 Å².